The molecule has 3 fully saturated rings. The highest BCUT2D eigenvalue weighted by atomic mass is 32.2. The number of hydrogen-bond donors (Lipinski definition) is 0. The summed E-state index contributed by atoms with van der Waals surface area (Å²) in [6.45, 7) is 0. The second-order valence-electron chi connectivity index (χ2n) is 5.30. The van der Waals surface area contributed by atoms with E-state index in [0.717, 1.165) is 6.42 Å². The molecule has 1 aromatic carbocycles. The van der Waals surface area contributed by atoms with Gasteiger partial charge in [-0.2, -0.15) is 0 Å². The summed E-state index contributed by atoms with van der Waals surface area (Å²) in [6, 6.07) is 10.5. The second kappa shape index (κ2) is 3.52. The molecule has 3 aliphatic rings. The minimum atomic E-state index is 0.0682. The van der Waals surface area contributed by atoms with Gasteiger partial charge in [-0.3, -0.25) is 4.79 Å². The molecule has 0 N–H and O–H groups in total. The average molecular weight is 246 g/mol. The van der Waals surface area contributed by atoms with E-state index in [1.54, 1.807) is 0 Å². The first-order chi connectivity index (χ1) is 8.33. The predicted molar refractivity (Wildman–Crippen MR) is 65.7 cm³/mol. The summed E-state index contributed by atoms with van der Waals surface area (Å²) < 4.78 is 5.56. The number of benzene rings is 1. The van der Waals surface area contributed by atoms with Crippen molar-refractivity contribution in [2.75, 3.05) is 0 Å². The van der Waals surface area contributed by atoms with Gasteiger partial charge in [0.25, 0.3) is 0 Å². The Labute approximate surface area is 105 Å². The maximum atomic E-state index is 11.7. The maximum Gasteiger partial charge on any atom is 0.309 e. The Morgan fingerprint density at radius 3 is 2.82 bits per heavy atom. The molecule has 1 saturated heterocycles. The van der Waals surface area contributed by atoms with Gasteiger partial charge in [-0.1, -0.05) is 18.2 Å². The molecule has 17 heavy (non-hydrogen) atoms. The van der Waals surface area contributed by atoms with Crippen LogP contribution >= 0.6 is 11.8 Å². The van der Waals surface area contributed by atoms with Crippen molar-refractivity contribution in [3.8, 4) is 0 Å². The number of carbonyl (C=O) groups is 1. The normalized spacial score (nSPS) is 41.9. The number of rotatable bonds is 2. The van der Waals surface area contributed by atoms with Crippen LogP contribution in [0.1, 0.15) is 12.8 Å². The van der Waals surface area contributed by atoms with Crippen LogP contribution in [-0.2, 0) is 9.53 Å². The zero-order valence-corrected chi connectivity index (χ0v) is 10.2. The third-order valence-electron chi connectivity index (χ3n) is 4.43. The molecular formula is C14H14O2S. The van der Waals surface area contributed by atoms with Gasteiger partial charge >= 0.3 is 5.97 Å². The van der Waals surface area contributed by atoms with Crippen LogP contribution in [0.4, 0.5) is 0 Å². The highest BCUT2D eigenvalue weighted by Crippen LogP contribution is 2.58. The fourth-order valence-electron chi connectivity index (χ4n) is 3.72. The summed E-state index contributed by atoms with van der Waals surface area (Å²) in [4.78, 5) is 13.0. The zero-order valence-electron chi connectivity index (χ0n) is 9.41. The second-order valence-corrected chi connectivity index (χ2v) is 6.55. The fraction of sp³-hybridized carbons (Fsp3) is 0.500. The van der Waals surface area contributed by atoms with Gasteiger partial charge in [-0.05, 0) is 30.9 Å². The predicted octanol–water partition coefficient (Wildman–Crippen LogP) is 2.73. The summed E-state index contributed by atoms with van der Waals surface area (Å²) >= 11 is 1.90. The molecule has 2 bridgehead atoms. The van der Waals surface area contributed by atoms with Gasteiger partial charge in [0.15, 0.2) is 0 Å². The molecule has 1 aliphatic heterocycles. The summed E-state index contributed by atoms with van der Waals surface area (Å²) in [6.07, 6.45) is 2.45. The van der Waals surface area contributed by atoms with E-state index < -0.39 is 0 Å². The van der Waals surface area contributed by atoms with Crippen LogP contribution in [0, 0.1) is 17.8 Å². The molecule has 2 nitrogen and oxygen atoms in total. The van der Waals surface area contributed by atoms with E-state index in [2.05, 4.69) is 24.3 Å². The maximum absolute atomic E-state index is 11.7. The molecule has 2 aliphatic carbocycles. The molecule has 1 heterocycles. The van der Waals surface area contributed by atoms with E-state index in [1.807, 2.05) is 17.8 Å². The quantitative estimate of drug-likeness (QED) is 0.751. The molecule has 88 valence electrons. The van der Waals surface area contributed by atoms with Gasteiger partial charge in [0.2, 0.25) is 0 Å². The summed E-state index contributed by atoms with van der Waals surface area (Å²) in [5.41, 5.74) is 0. The number of thioether (sulfide) groups is 1. The van der Waals surface area contributed by atoms with Crippen LogP contribution in [0.2, 0.25) is 0 Å². The largest absolute Gasteiger partial charge is 0.461 e. The molecule has 3 heteroatoms. The zero-order chi connectivity index (χ0) is 11.4. The smallest absolute Gasteiger partial charge is 0.309 e. The lowest BCUT2D eigenvalue weighted by molar-refractivity contribution is -0.143. The lowest BCUT2D eigenvalue weighted by Crippen LogP contribution is -2.29. The van der Waals surface area contributed by atoms with Crippen LogP contribution in [-0.4, -0.2) is 17.3 Å². The number of hydrogen-bond acceptors (Lipinski definition) is 3. The van der Waals surface area contributed by atoms with Crippen LogP contribution in [0.5, 0.6) is 0 Å². The molecule has 0 amide bonds. The molecule has 0 unspecified atom stereocenters. The van der Waals surface area contributed by atoms with E-state index in [-0.39, 0.29) is 18.0 Å². The van der Waals surface area contributed by atoms with E-state index in [9.17, 15) is 4.79 Å². The first-order valence-corrected chi connectivity index (χ1v) is 7.13. The van der Waals surface area contributed by atoms with Crippen molar-refractivity contribution in [1.29, 1.82) is 0 Å². The van der Waals surface area contributed by atoms with Gasteiger partial charge in [0.05, 0.1) is 5.92 Å². The summed E-state index contributed by atoms with van der Waals surface area (Å²) in [7, 11) is 0. The van der Waals surface area contributed by atoms with Crippen LogP contribution in [0.25, 0.3) is 0 Å². The van der Waals surface area contributed by atoms with Crippen molar-refractivity contribution in [3.05, 3.63) is 30.3 Å². The van der Waals surface area contributed by atoms with Crippen molar-refractivity contribution in [2.45, 2.75) is 29.1 Å². The Hall–Kier alpha value is -0.960. The number of carbonyl (C=O) groups excluding carboxylic acids is 1. The van der Waals surface area contributed by atoms with Crippen molar-refractivity contribution in [2.24, 2.45) is 17.8 Å². The molecule has 4 rings (SSSR count). The third-order valence-corrected chi connectivity index (χ3v) is 5.90. The molecule has 0 radical (unpaired) electrons. The molecule has 5 atom stereocenters. The third kappa shape index (κ3) is 1.38. The first-order valence-electron chi connectivity index (χ1n) is 6.25. The van der Waals surface area contributed by atoms with Gasteiger partial charge < -0.3 is 4.74 Å². The Morgan fingerprint density at radius 1 is 1.18 bits per heavy atom. The standard InChI is InChI=1S/C14H14O2S/c15-14-11-7-8-6-10(11)12(16-14)13(8)17-9-4-2-1-3-5-9/h1-5,8,10-13H,6-7H2/t8-,10-,11+,12+,13-/m0/s1. The highest BCUT2D eigenvalue weighted by molar-refractivity contribution is 8.00. The average Bonchev–Trinajstić information content (AvgIpc) is 2.95. The molecule has 1 aromatic rings. The van der Waals surface area contributed by atoms with Gasteiger partial charge in [0, 0.05) is 16.1 Å². The lowest BCUT2D eigenvalue weighted by Gasteiger charge is -2.24. The number of ether oxygens (including phenoxy) is 1. The minimum absolute atomic E-state index is 0.0682. The Morgan fingerprint density at radius 2 is 2.00 bits per heavy atom. The SMILES string of the molecule is O=C1O[C@@H]2[C@H]3C[C@@H](C[C@@H]13)[C@@H]2Sc1ccccc1. The first kappa shape index (κ1) is 10.0. The van der Waals surface area contributed by atoms with E-state index in [1.165, 1.54) is 11.3 Å². The van der Waals surface area contributed by atoms with Crippen molar-refractivity contribution < 1.29 is 9.53 Å². The highest BCUT2D eigenvalue weighted by Gasteiger charge is 2.61. The number of esters is 1. The van der Waals surface area contributed by atoms with Crippen molar-refractivity contribution in [3.63, 3.8) is 0 Å². The Balaban J connectivity index is 1.59. The Kier molecular flexibility index (Phi) is 2.07. The molecule has 2 saturated carbocycles. The number of fused-ring (bicyclic) bond motifs is 1. The molecule has 0 aromatic heterocycles. The van der Waals surface area contributed by atoms with Gasteiger partial charge in [0.1, 0.15) is 6.10 Å². The van der Waals surface area contributed by atoms with Gasteiger partial charge in [-0.25, -0.2) is 0 Å². The summed E-state index contributed by atoms with van der Waals surface area (Å²) in [5.74, 6) is 1.51. The van der Waals surface area contributed by atoms with Gasteiger partial charge in [-0.15, -0.1) is 11.8 Å². The van der Waals surface area contributed by atoms with Crippen LogP contribution in [0.15, 0.2) is 35.2 Å². The lowest BCUT2D eigenvalue weighted by atomic mass is 9.89. The molecular weight excluding hydrogens is 232 g/mol. The van der Waals surface area contributed by atoms with Crippen LogP contribution in [0.3, 0.4) is 0 Å². The topological polar surface area (TPSA) is 26.3 Å². The van der Waals surface area contributed by atoms with Crippen LogP contribution < -0.4 is 0 Å². The summed E-state index contributed by atoms with van der Waals surface area (Å²) in [5, 5.41) is 0.491. The van der Waals surface area contributed by atoms with E-state index in [4.69, 9.17) is 4.74 Å². The van der Waals surface area contributed by atoms with Crippen molar-refractivity contribution in [1.82, 2.24) is 0 Å². The monoisotopic (exact) mass is 246 g/mol. The minimum Gasteiger partial charge on any atom is -0.461 e. The van der Waals surface area contributed by atoms with Crippen molar-refractivity contribution >= 4 is 17.7 Å². The van der Waals surface area contributed by atoms with E-state index in [0.29, 0.717) is 17.1 Å². The molecule has 0 spiro atoms. The van der Waals surface area contributed by atoms with E-state index >= 15 is 0 Å². The fourth-order valence-corrected chi connectivity index (χ4v) is 5.16. The Bertz CT molecular complexity index is 459.